The molecule has 41 heavy (non-hydrogen) atoms. The highest BCUT2D eigenvalue weighted by molar-refractivity contribution is 6.74. The van der Waals surface area contributed by atoms with Crippen molar-refractivity contribution in [2.24, 2.45) is 0 Å². The van der Waals surface area contributed by atoms with E-state index in [2.05, 4.69) is 104 Å². The Morgan fingerprint density at radius 3 is 1.85 bits per heavy atom. The van der Waals surface area contributed by atoms with Crippen molar-refractivity contribution in [3.63, 3.8) is 0 Å². The van der Waals surface area contributed by atoms with Crippen LogP contribution in [0, 0.1) is 0 Å². The summed E-state index contributed by atoms with van der Waals surface area (Å²) in [5.74, 6) is 0. The molecule has 0 heterocycles. The van der Waals surface area contributed by atoms with E-state index < -0.39 is 22.7 Å². The van der Waals surface area contributed by atoms with Gasteiger partial charge in [-0.05, 0) is 72.6 Å². The second kappa shape index (κ2) is 14.5. The number of likely N-dealkylation sites (N-methyl/N-ethyl adjacent to an activating group) is 1. The van der Waals surface area contributed by atoms with E-state index >= 15 is 0 Å². The third kappa shape index (κ3) is 10.1. The van der Waals surface area contributed by atoms with Crippen LogP contribution in [-0.4, -0.2) is 53.4 Å². The molecule has 0 aliphatic heterocycles. The SMILES string of the molecule is CCN(CC)C(CO[Si](C)(C)C(C)(C)C)C(O[Si](C)(C)C(C)(C)C)c1ccc(NC(=O)OCc2ccccc2)cc1. The van der Waals surface area contributed by atoms with Gasteiger partial charge in [0, 0.05) is 5.69 Å². The number of nitrogens with one attached hydrogen (secondary N) is 1. The van der Waals surface area contributed by atoms with Gasteiger partial charge in [-0.15, -0.1) is 0 Å². The largest absolute Gasteiger partial charge is 0.444 e. The number of carbonyl (C=O) groups excluding carboxylic acids is 1. The lowest BCUT2D eigenvalue weighted by atomic mass is 10.0. The van der Waals surface area contributed by atoms with Crippen molar-refractivity contribution >= 4 is 28.4 Å². The molecule has 1 amide bonds. The Labute approximate surface area is 252 Å². The third-order valence-electron chi connectivity index (χ3n) is 8.98. The van der Waals surface area contributed by atoms with Gasteiger partial charge in [0.1, 0.15) is 6.61 Å². The third-order valence-corrected chi connectivity index (χ3v) is 17.9. The average Bonchev–Trinajstić information content (AvgIpc) is 2.88. The van der Waals surface area contributed by atoms with E-state index in [4.69, 9.17) is 13.6 Å². The maximum atomic E-state index is 12.5. The van der Waals surface area contributed by atoms with Crippen LogP contribution in [0.25, 0.3) is 0 Å². The Morgan fingerprint density at radius 1 is 0.829 bits per heavy atom. The molecule has 0 aliphatic carbocycles. The zero-order chi connectivity index (χ0) is 31.1. The Balaban J connectivity index is 2.36. The maximum Gasteiger partial charge on any atom is 0.411 e. The lowest BCUT2D eigenvalue weighted by molar-refractivity contribution is 0.0292. The molecule has 0 saturated heterocycles. The van der Waals surface area contributed by atoms with Crippen LogP contribution >= 0.6 is 0 Å². The molecule has 0 bridgehead atoms. The van der Waals surface area contributed by atoms with Crippen LogP contribution in [0.3, 0.4) is 0 Å². The van der Waals surface area contributed by atoms with Crippen molar-refractivity contribution in [2.75, 3.05) is 25.0 Å². The van der Waals surface area contributed by atoms with Crippen molar-refractivity contribution in [3.8, 4) is 0 Å². The zero-order valence-corrected chi connectivity index (χ0v) is 29.8. The first-order chi connectivity index (χ1) is 18.9. The number of anilines is 1. The number of benzene rings is 2. The summed E-state index contributed by atoms with van der Waals surface area (Å²) in [4.78, 5) is 14.9. The smallest absolute Gasteiger partial charge is 0.411 e. The molecular weight excluding hydrogens is 545 g/mol. The van der Waals surface area contributed by atoms with Crippen molar-refractivity contribution in [1.82, 2.24) is 4.90 Å². The highest BCUT2D eigenvalue weighted by atomic mass is 28.4. The molecular formula is C33H56N2O4Si2. The van der Waals surface area contributed by atoms with E-state index in [0.29, 0.717) is 12.3 Å². The van der Waals surface area contributed by atoms with Crippen LogP contribution in [0.4, 0.5) is 10.5 Å². The molecule has 2 unspecified atom stereocenters. The van der Waals surface area contributed by atoms with Crippen LogP contribution in [0.15, 0.2) is 54.6 Å². The second-order valence-corrected chi connectivity index (χ2v) is 23.5. The van der Waals surface area contributed by atoms with Crippen LogP contribution in [0.2, 0.25) is 36.3 Å². The van der Waals surface area contributed by atoms with E-state index in [0.717, 1.165) is 24.2 Å². The Kier molecular flexibility index (Phi) is 12.4. The predicted octanol–water partition coefficient (Wildman–Crippen LogP) is 9.23. The van der Waals surface area contributed by atoms with Gasteiger partial charge in [-0.2, -0.15) is 0 Å². The summed E-state index contributed by atoms with van der Waals surface area (Å²) >= 11 is 0. The summed E-state index contributed by atoms with van der Waals surface area (Å²) in [6.07, 6.45) is -0.640. The molecule has 2 aromatic rings. The number of amides is 1. The summed E-state index contributed by atoms with van der Waals surface area (Å²) in [5, 5.41) is 3.05. The molecule has 2 rings (SSSR count). The van der Waals surface area contributed by atoms with Gasteiger partial charge in [0.25, 0.3) is 0 Å². The topological polar surface area (TPSA) is 60.0 Å². The summed E-state index contributed by atoms with van der Waals surface area (Å²) in [5.41, 5.74) is 2.73. The molecule has 0 fully saturated rings. The first-order valence-corrected chi connectivity index (χ1v) is 20.9. The van der Waals surface area contributed by atoms with Gasteiger partial charge in [-0.1, -0.05) is 97.9 Å². The highest BCUT2D eigenvalue weighted by Crippen LogP contribution is 2.42. The molecule has 230 valence electrons. The molecule has 2 aromatic carbocycles. The standard InChI is InChI=1S/C33H56N2O4Si2/c1-13-35(14-2)29(25-38-40(9,10)32(3,4)5)30(39-41(11,12)33(6,7)8)27-20-22-28(23-21-27)34-31(36)37-24-26-18-16-15-17-19-26/h15-23,29-30H,13-14,24-25H2,1-12H3,(H,34,36). The van der Waals surface area contributed by atoms with E-state index in [1.54, 1.807) is 0 Å². The van der Waals surface area contributed by atoms with Crippen LogP contribution in [0.1, 0.15) is 72.6 Å². The van der Waals surface area contributed by atoms with Gasteiger partial charge in [-0.25, -0.2) is 4.79 Å². The fourth-order valence-corrected chi connectivity index (χ4v) is 6.39. The fourth-order valence-electron chi connectivity index (χ4n) is 4.08. The van der Waals surface area contributed by atoms with Gasteiger partial charge < -0.3 is 13.6 Å². The summed E-state index contributed by atoms with van der Waals surface area (Å²) in [6.45, 7) is 30.0. The number of ether oxygens (including phenoxy) is 1. The minimum atomic E-state index is -2.14. The quantitative estimate of drug-likeness (QED) is 0.232. The summed E-state index contributed by atoms with van der Waals surface area (Å²) < 4.78 is 19.5. The molecule has 6 nitrogen and oxygen atoms in total. The van der Waals surface area contributed by atoms with Crippen LogP contribution in [0.5, 0.6) is 0 Å². The van der Waals surface area contributed by atoms with Gasteiger partial charge in [0.05, 0.1) is 18.8 Å². The minimum absolute atomic E-state index is 0.0582. The number of nitrogens with zero attached hydrogens (tertiary/aromatic N) is 1. The summed E-state index contributed by atoms with van der Waals surface area (Å²) in [7, 11) is -4.11. The Bertz CT molecular complexity index is 1070. The first kappa shape index (κ1) is 35.2. The number of rotatable bonds is 13. The maximum absolute atomic E-state index is 12.5. The molecule has 0 aromatic heterocycles. The number of hydrogen-bond acceptors (Lipinski definition) is 5. The highest BCUT2D eigenvalue weighted by Gasteiger charge is 2.44. The van der Waals surface area contributed by atoms with Crippen molar-refractivity contribution in [1.29, 1.82) is 0 Å². The van der Waals surface area contributed by atoms with E-state index in [-0.39, 0.29) is 28.8 Å². The molecule has 0 saturated carbocycles. The minimum Gasteiger partial charge on any atom is -0.444 e. The molecule has 0 spiro atoms. The second-order valence-electron chi connectivity index (χ2n) is 14.0. The summed E-state index contributed by atoms with van der Waals surface area (Å²) in [6, 6.07) is 17.8. The van der Waals surface area contributed by atoms with Crippen molar-refractivity contribution < 1.29 is 18.4 Å². The molecule has 8 heteroatoms. The molecule has 1 N–H and O–H groups in total. The number of carbonyl (C=O) groups is 1. The zero-order valence-electron chi connectivity index (χ0n) is 27.8. The van der Waals surface area contributed by atoms with Gasteiger partial charge in [-0.3, -0.25) is 10.2 Å². The van der Waals surface area contributed by atoms with E-state index in [1.165, 1.54) is 0 Å². The number of hydrogen-bond donors (Lipinski definition) is 1. The lowest BCUT2D eigenvalue weighted by Gasteiger charge is -2.45. The predicted molar refractivity (Wildman–Crippen MR) is 178 cm³/mol. The molecule has 0 radical (unpaired) electrons. The Hall–Kier alpha value is -1.98. The lowest BCUT2D eigenvalue weighted by Crippen LogP contribution is -2.52. The van der Waals surface area contributed by atoms with Crippen molar-refractivity contribution in [2.45, 2.75) is 110 Å². The average molecular weight is 601 g/mol. The van der Waals surface area contributed by atoms with Crippen molar-refractivity contribution in [3.05, 3.63) is 65.7 Å². The van der Waals surface area contributed by atoms with Gasteiger partial charge >= 0.3 is 6.09 Å². The monoisotopic (exact) mass is 600 g/mol. The van der Waals surface area contributed by atoms with Gasteiger partial charge in [0.2, 0.25) is 0 Å². The van der Waals surface area contributed by atoms with Crippen LogP contribution < -0.4 is 5.32 Å². The molecule has 2 atom stereocenters. The first-order valence-electron chi connectivity index (χ1n) is 15.1. The van der Waals surface area contributed by atoms with Crippen LogP contribution in [-0.2, 0) is 20.2 Å². The van der Waals surface area contributed by atoms with E-state index in [9.17, 15) is 4.79 Å². The normalized spacial score (nSPS) is 14.6. The Morgan fingerprint density at radius 2 is 1.37 bits per heavy atom. The van der Waals surface area contributed by atoms with Gasteiger partial charge in [0.15, 0.2) is 16.6 Å². The van der Waals surface area contributed by atoms with E-state index in [1.807, 2.05) is 42.5 Å². The molecule has 0 aliphatic rings. The fraction of sp³-hybridized carbons (Fsp3) is 0.606.